The molecule has 7 heteroatoms. The maximum Gasteiger partial charge on any atom is 0.173 e. The van der Waals surface area contributed by atoms with Gasteiger partial charge in [0.25, 0.3) is 0 Å². The van der Waals surface area contributed by atoms with Crippen molar-refractivity contribution in [2.24, 2.45) is 0 Å². The lowest BCUT2D eigenvalue weighted by Crippen LogP contribution is -2.02. The molecule has 0 amide bonds. The molecule has 0 aliphatic carbocycles. The number of para-hydroxylation sites is 1. The number of ether oxygens (including phenoxy) is 5. The second kappa shape index (κ2) is 8.59. The summed E-state index contributed by atoms with van der Waals surface area (Å²) in [6.07, 6.45) is 3.87. The highest BCUT2D eigenvalue weighted by atomic mass is 16.5. The van der Waals surface area contributed by atoms with E-state index in [1.54, 1.807) is 35.5 Å². The molecule has 34 heavy (non-hydrogen) atoms. The molecule has 7 nitrogen and oxygen atoms in total. The minimum Gasteiger partial charge on any atom is -0.497 e. The first kappa shape index (κ1) is 21.6. The highest BCUT2D eigenvalue weighted by Crippen LogP contribution is 2.58. The molecule has 0 aliphatic heterocycles. The second-order valence-corrected chi connectivity index (χ2v) is 7.74. The summed E-state index contributed by atoms with van der Waals surface area (Å²) >= 11 is 0. The maximum atomic E-state index is 5.97. The van der Waals surface area contributed by atoms with Crippen molar-refractivity contribution in [3.63, 3.8) is 0 Å². The molecule has 2 aromatic heterocycles. The van der Waals surface area contributed by atoms with Gasteiger partial charge in [-0.2, -0.15) is 0 Å². The summed E-state index contributed by atoms with van der Waals surface area (Å²) < 4.78 is 29.3. The Balaban J connectivity index is 1.90. The predicted octanol–water partition coefficient (Wildman–Crippen LogP) is 6.03. The Kier molecular flexibility index (Phi) is 5.45. The molecule has 0 saturated carbocycles. The quantitative estimate of drug-likeness (QED) is 0.312. The van der Waals surface area contributed by atoms with Crippen molar-refractivity contribution >= 4 is 21.8 Å². The highest BCUT2D eigenvalue weighted by Gasteiger charge is 2.31. The number of hydrogen-bond donors (Lipinski definition) is 2. The summed E-state index contributed by atoms with van der Waals surface area (Å²) in [5, 5.41) is 1.99. The molecule has 0 radical (unpaired) electrons. The Bertz CT molecular complexity index is 1470. The van der Waals surface area contributed by atoms with Crippen LogP contribution in [0.3, 0.4) is 0 Å². The Labute approximate surface area is 197 Å². The van der Waals surface area contributed by atoms with Gasteiger partial charge in [-0.15, -0.1) is 0 Å². The number of nitrogens with one attached hydrogen (secondary N) is 2. The lowest BCUT2D eigenvalue weighted by molar-refractivity contribution is 0.333. The van der Waals surface area contributed by atoms with Crippen LogP contribution in [0.1, 0.15) is 0 Å². The van der Waals surface area contributed by atoms with Crippen LogP contribution < -0.4 is 23.7 Å². The molecule has 0 spiro atoms. The molecular formula is C27H26N2O5. The van der Waals surface area contributed by atoms with Crippen LogP contribution >= 0.6 is 0 Å². The lowest BCUT2D eigenvalue weighted by Gasteiger charge is -2.23. The molecule has 0 aliphatic rings. The van der Waals surface area contributed by atoms with Gasteiger partial charge in [-0.1, -0.05) is 18.2 Å². The van der Waals surface area contributed by atoms with Crippen molar-refractivity contribution in [2.45, 2.75) is 0 Å². The number of rotatable bonds is 7. The summed E-state index contributed by atoms with van der Waals surface area (Å²) in [4.78, 5) is 6.66. The van der Waals surface area contributed by atoms with Crippen molar-refractivity contribution in [1.82, 2.24) is 9.97 Å². The van der Waals surface area contributed by atoms with Gasteiger partial charge < -0.3 is 33.7 Å². The zero-order valence-corrected chi connectivity index (χ0v) is 19.7. The summed E-state index contributed by atoms with van der Waals surface area (Å²) in [6.45, 7) is 0. The molecule has 0 atom stereocenters. The third kappa shape index (κ3) is 3.12. The van der Waals surface area contributed by atoms with E-state index in [-0.39, 0.29) is 0 Å². The van der Waals surface area contributed by atoms with Crippen LogP contribution in [-0.4, -0.2) is 45.5 Å². The van der Waals surface area contributed by atoms with E-state index >= 15 is 0 Å². The fourth-order valence-corrected chi connectivity index (χ4v) is 4.64. The van der Waals surface area contributed by atoms with E-state index in [9.17, 15) is 0 Å². The Morgan fingerprint density at radius 3 is 1.56 bits per heavy atom. The van der Waals surface area contributed by atoms with Crippen molar-refractivity contribution in [3.05, 3.63) is 54.9 Å². The van der Waals surface area contributed by atoms with Crippen molar-refractivity contribution in [1.29, 1.82) is 0 Å². The van der Waals surface area contributed by atoms with E-state index in [4.69, 9.17) is 23.7 Å². The minimum atomic E-state index is 0.546. The molecule has 0 fully saturated rings. The first-order chi connectivity index (χ1) is 16.7. The van der Waals surface area contributed by atoms with E-state index in [0.717, 1.165) is 49.8 Å². The number of hydrogen-bond acceptors (Lipinski definition) is 5. The van der Waals surface area contributed by atoms with E-state index in [0.29, 0.717) is 23.0 Å². The molecule has 0 saturated heterocycles. The SMILES string of the molecule is COc1ccc2[nH]cc(-c3c(OC)c(OC)c(-c4c[nH]c5ccccc45)c(OC)c3OC)c2c1. The fraction of sp³-hybridized carbons (Fsp3) is 0.185. The Morgan fingerprint density at radius 1 is 0.529 bits per heavy atom. The Hall–Kier alpha value is -4.26. The summed E-state index contributed by atoms with van der Waals surface area (Å²) in [5.41, 5.74) is 5.24. The standard InChI is InChI=1S/C27H26N2O5/c1-30-15-10-11-21-17(12-15)19(14-29-21)23-26(33-4)24(31-2)22(25(32-3)27(23)34-5)18-13-28-20-9-7-6-8-16(18)20/h6-14,28-29H,1-5H3. The van der Waals surface area contributed by atoms with E-state index < -0.39 is 0 Å². The molecule has 0 unspecified atom stereocenters. The van der Waals surface area contributed by atoms with Gasteiger partial charge in [-0.3, -0.25) is 0 Å². The van der Waals surface area contributed by atoms with Crippen LogP contribution in [-0.2, 0) is 0 Å². The summed E-state index contributed by atoms with van der Waals surface area (Å²) in [7, 11) is 8.16. The van der Waals surface area contributed by atoms with Gasteiger partial charge in [0.1, 0.15) is 5.75 Å². The minimum absolute atomic E-state index is 0.546. The third-order valence-corrected chi connectivity index (χ3v) is 6.15. The van der Waals surface area contributed by atoms with Gasteiger partial charge in [-0.05, 0) is 24.3 Å². The first-order valence-corrected chi connectivity index (χ1v) is 10.8. The van der Waals surface area contributed by atoms with Crippen LogP contribution in [0.15, 0.2) is 54.9 Å². The molecule has 174 valence electrons. The lowest BCUT2D eigenvalue weighted by atomic mass is 9.94. The molecule has 5 rings (SSSR count). The van der Waals surface area contributed by atoms with E-state index in [1.807, 2.05) is 48.8 Å². The van der Waals surface area contributed by atoms with Gasteiger partial charge in [-0.25, -0.2) is 0 Å². The monoisotopic (exact) mass is 458 g/mol. The topological polar surface area (TPSA) is 77.7 Å². The van der Waals surface area contributed by atoms with Gasteiger partial charge >= 0.3 is 0 Å². The Morgan fingerprint density at radius 2 is 1.03 bits per heavy atom. The number of fused-ring (bicyclic) bond motifs is 2. The van der Waals surface area contributed by atoms with Crippen molar-refractivity contribution < 1.29 is 23.7 Å². The number of methoxy groups -OCH3 is 5. The van der Waals surface area contributed by atoms with Crippen molar-refractivity contribution in [2.75, 3.05) is 35.5 Å². The average molecular weight is 459 g/mol. The largest absolute Gasteiger partial charge is 0.497 e. The molecule has 2 N–H and O–H groups in total. The average Bonchev–Trinajstić information content (AvgIpc) is 3.50. The number of aromatic nitrogens is 2. The second-order valence-electron chi connectivity index (χ2n) is 7.74. The summed E-state index contributed by atoms with van der Waals surface area (Å²) in [5.74, 6) is 2.95. The molecule has 3 aromatic carbocycles. The molecule has 2 heterocycles. The van der Waals surface area contributed by atoms with Crippen LogP contribution in [0.4, 0.5) is 0 Å². The third-order valence-electron chi connectivity index (χ3n) is 6.15. The van der Waals surface area contributed by atoms with E-state index in [1.165, 1.54) is 0 Å². The van der Waals surface area contributed by atoms with Crippen molar-refractivity contribution in [3.8, 4) is 51.0 Å². The normalized spacial score (nSPS) is 11.1. The molecule has 0 bridgehead atoms. The van der Waals surface area contributed by atoms with Gasteiger partial charge in [0.2, 0.25) is 0 Å². The smallest absolute Gasteiger partial charge is 0.173 e. The number of H-pyrrole nitrogens is 2. The number of benzene rings is 3. The highest BCUT2D eigenvalue weighted by molar-refractivity contribution is 6.06. The van der Waals surface area contributed by atoms with Gasteiger partial charge in [0.05, 0.1) is 46.7 Å². The van der Waals surface area contributed by atoms with Crippen LogP contribution in [0, 0.1) is 0 Å². The number of aromatic amines is 2. The van der Waals surface area contributed by atoms with Crippen LogP contribution in [0.2, 0.25) is 0 Å². The zero-order chi connectivity index (χ0) is 23.8. The summed E-state index contributed by atoms with van der Waals surface area (Å²) in [6, 6.07) is 13.9. The van der Waals surface area contributed by atoms with Crippen LogP contribution in [0.5, 0.6) is 28.7 Å². The zero-order valence-electron chi connectivity index (χ0n) is 19.7. The van der Waals surface area contributed by atoms with Gasteiger partial charge in [0, 0.05) is 45.3 Å². The fourth-order valence-electron chi connectivity index (χ4n) is 4.64. The maximum absolute atomic E-state index is 5.97. The van der Waals surface area contributed by atoms with Gasteiger partial charge in [0.15, 0.2) is 23.0 Å². The molecule has 5 aromatic rings. The predicted molar refractivity (Wildman–Crippen MR) is 134 cm³/mol. The molecular weight excluding hydrogens is 432 g/mol. The van der Waals surface area contributed by atoms with E-state index in [2.05, 4.69) is 16.0 Å². The van der Waals surface area contributed by atoms with Crippen LogP contribution in [0.25, 0.3) is 44.1 Å². The first-order valence-electron chi connectivity index (χ1n) is 10.8.